The monoisotopic (exact) mass is 318 g/mol. The van der Waals surface area contributed by atoms with Gasteiger partial charge in [0.25, 0.3) is 5.91 Å². The van der Waals surface area contributed by atoms with Gasteiger partial charge < -0.3 is 10.6 Å². The smallest absolute Gasteiger partial charge is 0.276 e. The Balaban J connectivity index is 1.70. The number of para-hydroxylation sites is 1. The Morgan fingerprint density at radius 2 is 1.75 bits per heavy atom. The van der Waals surface area contributed by atoms with Gasteiger partial charge in [0.15, 0.2) is 11.5 Å². The summed E-state index contributed by atoms with van der Waals surface area (Å²) in [6.45, 7) is 3.96. The van der Waals surface area contributed by atoms with E-state index < -0.39 is 0 Å². The molecule has 0 aliphatic heterocycles. The normalized spacial score (nSPS) is 10.2. The summed E-state index contributed by atoms with van der Waals surface area (Å²) in [5.41, 5.74) is 4.12. The number of hydrogen-bond donors (Lipinski definition) is 2. The summed E-state index contributed by atoms with van der Waals surface area (Å²) in [5, 5.41) is 14.1. The highest BCUT2D eigenvalue weighted by molar-refractivity contribution is 6.03. The van der Waals surface area contributed by atoms with Crippen molar-refractivity contribution in [3.8, 4) is 0 Å². The minimum atomic E-state index is -0.279. The van der Waals surface area contributed by atoms with Gasteiger partial charge in [0.1, 0.15) is 0 Å². The van der Waals surface area contributed by atoms with Gasteiger partial charge >= 0.3 is 0 Å². The van der Waals surface area contributed by atoms with Crippen LogP contribution in [0.4, 0.5) is 17.2 Å². The van der Waals surface area contributed by atoms with Crippen molar-refractivity contribution in [3.05, 3.63) is 77.5 Å². The number of nitrogens with zero attached hydrogens (tertiary/aromatic N) is 2. The molecule has 0 unspecified atom stereocenters. The van der Waals surface area contributed by atoms with E-state index in [9.17, 15) is 4.79 Å². The molecule has 1 aromatic heterocycles. The number of aromatic nitrogens is 2. The van der Waals surface area contributed by atoms with Crippen molar-refractivity contribution >= 4 is 23.1 Å². The summed E-state index contributed by atoms with van der Waals surface area (Å²) in [4.78, 5) is 12.2. The van der Waals surface area contributed by atoms with Crippen LogP contribution in [0.25, 0.3) is 0 Å². The number of anilines is 3. The number of carbonyl (C=O) groups excluding carboxylic acids is 1. The van der Waals surface area contributed by atoms with E-state index in [1.807, 2.05) is 62.4 Å². The van der Waals surface area contributed by atoms with Gasteiger partial charge in [-0.2, -0.15) is 0 Å². The Hall–Kier alpha value is -3.21. The Labute approximate surface area is 140 Å². The van der Waals surface area contributed by atoms with Crippen LogP contribution >= 0.6 is 0 Å². The fourth-order valence-electron chi connectivity index (χ4n) is 2.29. The molecule has 5 heteroatoms. The molecule has 120 valence electrons. The van der Waals surface area contributed by atoms with Gasteiger partial charge in [-0.1, -0.05) is 30.3 Å². The van der Waals surface area contributed by atoms with Crippen LogP contribution in [0, 0.1) is 13.8 Å². The second kappa shape index (κ2) is 6.91. The molecule has 0 saturated carbocycles. The average Bonchev–Trinajstić information content (AvgIpc) is 2.57. The number of benzene rings is 2. The minimum Gasteiger partial charge on any atom is -0.339 e. The van der Waals surface area contributed by atoms with E-state index in [0.717, 1.165) is 22.5 Å². The van der Waals surface area contributed by atoms with Crippen molar-refractivity contribution in [2.24, 2.45) is 0 Å². The maximum atomic E-state index is 12.2. The van der Waals surface area contributed by atoms with Crippen LogP contribution in [0.5, 0.6) is 0 Å². The summed E-state index contributed by atoms with van der Waals surface area (Å²) in [7, 11) is 0. The number of rotatable bonds is 4. The van der Waals surface area contributed by atoms with Crippen LogP contribution in [-0.4, -0.2) is 16.1 Å². The zero-order valence-corrected chi connectivity index (χ0v) is 13.6. The third-order valence-corrected chi connectivity index (χ3v) is 3.58. The molecular formula is C19H18N4O. The molecule has 0 bridgehead atoms. The molecule has 0 radical (unpaired) electrons. The molecule has 5 nitrogen and oxygen atoms in total. The van der Waals surface area contributed by atoms with Crippen molar-refractivity contribution in [2.45, 2.75) is 13.8 Å². The van der Waals surface area contributed by atoms with Gasteiger partial charge in [-0.05, 0) is 55.3 Å². The molecule has 2 aromatic carbocycles. The Morgan fingerprint density at radius 1 is 0.917 bits per heavy atom. The number of hydrogen-bond acceptors (Lipinski definition) is 4. The highest BCUT2D eigenvalue weighted by Gasteiger charge is 2.10. The lowest BCUT2D eigenvalue weighted by molar-refractivity contribution is 0.102. The molecule has 1 amide bonds. The van der Waals surface area contributed by atoms with Crippen molar-refractivity contribution in [2.75, 3.05) is 10.6 Å². The van der Waals surface area contributed by atoms with Gasteiger partial charge in [-0.3, -0.25) is 4.79 Å². The van der Waals surface area contributed by atoms with E-state index in [1.54, 1.807) is 12.1 Å². The summed E-state index contributed by atoms with van der Waals surface area (Å²) >= 11 is 0. The second-order valence-corrected chi connectivity index (χ2v) is 5.57. The van der Waals surface area contributed by atoms with E-state index in [4.69, 9.17) is 0 Å². The molecule has 0 spiro atoms. The van der Waals surface area contributed by atoms with E-state index in [2.05, 4.69) is 20.8 Å². The minimum absolute atomic E-state index is 0.271. The molecule has 0 aliphatic rings. The van der Waals surface area contributed by atoms with Gasteiger partial charge in [0, 0.05) is 11.4 Å². The van der Waals surface area contributed by atoms with Crippen LogP contribution in [0.15, 0.2) is 60.7 Å². The van der Waals surface area contributed by atoms with Gasteiger partial charge in [-0.15, -0.1) is 10.2 Å². The highest BCUT2D eigenvalue weighted by atomic mass is 16.1. The number of nitrogens with one attached hydrogen (secondary N) is 2. The standard InChI is InChI=1S/C19H18N4O/c1-13-6-5-8-15(12-13)20-18-11-10-17(22-23-18)19(24)21-16-9-4-3-7-14(16)2/h3-12H,1-2H3,(H,20,23)(H,21,24). The van der Waals surface area contributed by atoms with Crippen molar-refractivity contribution in [1.29, 1.82) is 0 Å². The fourth-order valence-corrected chi connectivity index (χ4v) is 2.29. The molecule has 3 aromatic rings. The lowest BCUT2D eigenvalue weighted by Crippen LogP contribution is -2.15. The van der Waals surface area contributed by atoms with E-state index in [1.165, 1.54) is 0 Å². The maximum Gasteiger partial charge on any atom is 0.276 e. The predicted molar refractivity (Wildman–Crippen MR) is 95.6 cm³/mol. The molecule has 1 heterocycles. The molecule has 0 aliphatic carbocycles. The van der Waals surface area contributed by atoms with Gasteiger partial charge in [-0.25, -0.2) is 0 Å². The quantitative estimate of drug-likeness (QED) is 0.760. The van der Waals surface area contributed by atoms with Crippen LogP contribution in [0.1, 0.15) is 21.6 Å². The Morgan fingerprint density at radius 3 is 2.46 bits per heavy atom. The molecule has 3 rings (SSSR count). The summed E-state index contributed by atoms with van der Waals surface area (Å²) in [6, 6.07) is 18.9. The topological polar surface area (TPSA) is 66.9 Å². The fraction of sp³-hybridized carbons (Fsp3) is 0.105. The Kier molecular flexibility index (Phi) is 4.52. The Bertz CT molecular complexity index is 859. The zero-order valence-electron chi connectivity index (χ0n) is 13.6. The van der Waals surface area contributed by atoms with E-state index in [-0.39, 0.29) is 11.6 Å². The third-order valence-electron chi connectivity index (χ3n) is 3.58. The maximum absolute atomic E-state index is 12.2. The van der Waals surface area contributed by atoms with Gasteiger partial charge in [0.2, 0.25) is 0 Å². The second-order valence-electron chi connectivity index (χ2n) is 5.57. The average molecular weight is 318 g/mol. The zero-order chi connectivity index (χ0) is 16.9. The first-order valence-corrected chi connectivity index (χ1v) is 7.66. The first-order chi connectivity index (χ1) is 11.6. The first-order valence-electron chi connectivity index (χ1n) is 7.66. The molecule has 0 saturated heterocycles. The molecule has 24 heavy (non-hydrogen) atoms. The van der Waals surface area contributed by atoms with E-state index in [0.29, 0.717) is 5.82 Å². The molecule has 2 N–H and O–H groups in total. The SMILES string of the molecule is Cc1cccc(Nc2ccc(C(=O)Nc3ccccc3C)nn2)c1. The van der Waals surface area contributed by atoms with Crippen molar-refractivity contribution in [1.82, 2.24) is 10.2 Å². The lowest BCUT2D eigenvalue weighted by atomic mass is 10.2. The predicted octanol–water partition coefficient (Wildman–Crippen LogP) is 4.09. The molecule has 0 atom stereocenters. The van der Waals surface area contributed by atoms with Crippen LogP contribution < -0.4 is 10.6 Å². The molecule has 0 fully saturated rings. The summed E-state index contributed by atoms with van der Waals surface area (Å²) in [6.07, 6.45) is 0. The number of aryl methyl sites for hydroxylation is 2. The first kappa shape index (κ1) is 15.7. The van der Waals surface area contributed by atoms with Gasteiger partial charge in [0.05, 0.1) is 0 Å². The summed E-state index contributed by atoms with van der Waals surface area (Å²) < 4.78 is 0. The highest BCUT2D eigenvalue weighted by Crippen LogP contribution is 2.16. The van der Waals surface area contributed by atoms with E-state index >= 15 is 0 Å². The number of amides is 1. The largest absolute Gasteiger partial charge is 0.339 e. The van der Waals surface area contributed by atoms with Crippen LogP contribution in [0.2, 0.25) is 0 Å². The number of carbonyl (C=O) groups is 1. The molecular weight excluding hydrogens is 300 g/mol. The third kappa shape index (κ3) is 3.76. The van der Waals surface area contributed by atoms with Crippen molar-refractivity contribution < 1.29 is 4.79 Å². The summed E-state index contributed by atoms with van der Waals surface area (Å²) in [5.74, 6) is 0.312. The lowest BCUT2D eigenvalue weighted by Gasteiger charge is -2.08. The van der Waals surface area contributed by atoms with Crippen LogP contribution in [0.3, 0.4) is 0 Å². The van der Waals surface area contributed by atoms with Crippen molar-refractivity contribution in [3.63, 3.8) is 0 Å². The van der Waals surface area contributed by atoms with Crippen LogP contribution in [-0.2, 0) is 0 Å².